The van der Waals surface area contributed by atoms with Crippen molar-refractivity contribution in [3.63, 3.8) is 0 Å². The minimum atomic E-state index is 0.876. The Balaban J connectivity index is 2.75. The Kier molecular flexibility index (Phi) is 2.75. The summed E-state index contributed by atoms with van der Waals surface area (Å²) in [4.78, 5) is 4.32. The Bertz CT molecular complexity index is 201. The second-order valence-electron chi connectivity index (χ2n) is 1.94. The Hall–Kier alpha value is -0.500. The van der Waals surface area contributed by atoms with Crippen molar-refractivity contribution < 1.29 is 0 Å². The zero-order chi connectivity index (χ0) is 7.40. The fourth-order valence-corrected chi connectivity index (χ4v) is 1.67. The van der Waals surface area contributed by atoms with Crippen LogP contribution in [0.5, 0.6) is 0 Å². The molecule has 0 spiro atoms. The third-order valence-electron chi connectivity index (χ3n) is 1.29. The summed E-state index contributed by atoms with van der Waals surface area (Å²) in [5.41, 5.74) is 1.26. The summed E-state index contributed by atoms with van der Waals surface area (Å²) in [6.45, 7) is 4.97. The van der Waals surface area contributed by atoms with Crippen LogP contribution in [0.15, 0.2) is 28.1 Å². The number of rotatable bonds is 1. The molecule has 0 bridgehead atoms. The van der Waals surface area contributed by atoms with Gasteiger partial charge in [0.1, 0.15) is 5.04 Å². The maximum atomic E-state index is 4.32. The molecule has 0 aromatic heterocycles. The standard InChI is InChI=1S/C8H11NS/c1-3-7-5-6-10-8(7)9-4-2/h3,5-6H,4H2,1-2H3/b7-3-,9-8?. The Morgan fingerprint density at radius 3 is 3.10 bits per heavy atom. The molecular weight excluding hydrogens is 142 g/mol. The lowest BCUT2D eigenvalue weighted by Crippen LogP contribution is -1.89. The van der Waals surface area contributed by atoms with Gasteiger partial charge in [0.05, 0.1) is 0 Å². The van der Waals surface area contributed by atoms with Crippen LogP contribution in [0, 0.1) is 0 Å². The molecule has 1 aliphatic heterocycles. The molecule has 0 aromatic carbocycles. The molecule has 1 rings (SSSR count). The first-order valence-corrected chi connectivity index (χ1v) is 4.30. The summed E-state index contributed by atoms with van der Waals surface area (Å²) in [6, 6.07) is 0. The molecule has 0 amide bonds. The van der Waals surface area contributed by atoms with Gasteiger partial charge in [-0.1, -0.05) is 17.8 Å². The molecule has 0 saturated heterocycles. The van der Waals surface area contributed by atoms with Crippen LogP contribution in [0.1, 0.15) is 13.8 Å². The molecule has 1 aliphatic rings. The largest absolute Gasteiger partial charge is 0.278 e. The van der Waals surface area contributed by atoms with E-state index in [4.69, 9.17) is 0 Å². The molecule has 0 aliphatic carbocycles. The summed E-state index contributed by atoms with van der Waals surface area (Å²) in [5, 5.41) is 3.23. The second-order valence-corrected chi connectivity index (χ2v) is 2.84. The van der Waals surface area contributed by atoms with Crippen LogP contribution in [-0.2, 0) is 0 Å². The number of allylic oxidation sites excluding steroid dienone is 2. The molecule has 0 aromatic rings. The van der Waals surface area contributed by atoms with Crippen molar-refractivity contribution in [3.8, 4) is 0 Å². The van der Waals surface area contributed by atoms with Crippen molar-refractivity contribution in [2.24, 2.45) is 4.99 Å². The number of hydrogen-bond acceptors (Lipinski definition) is 2. The van der Waals surface area contributed by atoms with Gasteiger partial charge in [-0.2, -0.15) is 0 Å². The lowest BCUT2D eigenvalue weighted by atomic mass is 10.3. The van der Waals surface area contributed by atoms with Crippen LogP contribution < -0.4 is 0 Å². The van der Waals surface area contributed by atoms with Crippen molar-refractivity contribution in [1.82, 2.24) is 0 Å². The number of hydrogen-bond donors (Lipinski definition) is 0. The first-order chi connectivity index (χ1) is 4.88. The van der Waals surface area contributed by atoms with Gasteiger partial charge >= 0.3 is 0 Å². The van der Waals surface area contributed by atoms with Crippen molar-refractivity contribution in [1.29, 1.82) is 0 Å². The first kappa shape index (κ1) is 7.61. The zero-order valence-corrected chi connectivity index (χ0v) is 7.11. The van der Waals surface area contributed by atoms with Crippen LogP contribution in [0.3, 0.4) is 0 Å². The normalized spacial score (nSPS) is 25.0. The smallest absolute Gasteiger partial charge is 0.101 e. The van der Waals surface area contributed by atoms with E-state index in [1.807, 2.05) is 6.92 Å². The number of thioether (sulfide) groups is 1. The molecule has 10 heavy (non-hydrogen) atoms. The summed E-state index contributed by atoms with van der Waals surface area (Å²) in [6.07, 6.45) is 4.18. The average Bonchev–Trinajstić information content (AvgIpc) is 2.36. The molecule has 2 heteroatoms. The van der Waals surface area contributed by atoms with Gasteiger partial charge in [0.2, 0.25) is 0 Å². The van der Waals surface area contributed by atoms with Crippen LogP contribution in [-0.4, -0.2) is 11.6 Å². The lowest BCUT2D eigenvalue weighted by molar-refractivity contribution is 1.14. The van der Waals surface area contributed by atoms with E-state index in [2.05, 4.69) is 29.5 Å². The number of aliphatic imine (C=N–C) groups is 1. The van der Waals surface area contributed by atoms with E-state index in [9.17, 15) is 0 Å². The van der Waals surface area contributed by atoms with Crippen LogP contribution in [0.25, 0.3) is 0 Å². The van der Waals surface area contributed by atoms with E-state index in [1.165, 1.54) is 5.57 Å². The highest BCUT2D eigenvalue weighted by molar-refractivity contribution is 8.17. The average molecular weight is 153 g/mol. The van der Waals surface area contributed by atoms with Crippen molar-refractivity contribution >= 4 is 16.8 Å². The Labute approximate surface area is 65.9 Å². The van der Waals surface area contributed by atoms with E-state index in [1.54, 1.807) is 11.8 Å². The van der Waals surface area contributed by atoms with E-state index in [-0.39, 0.29) is 0 Å². The van der Waals surface area contributed by atoms with Gasteiger partial charge in [0.15, 0.2) is 0 Å². The Morgan fingerprint density at radius 2 is 2.50 bits per heavy atom. The highest BCUT2D eigenvalue weighted by atomic mass is 32.2. The van der Waals surface area contributed by atoms with E-state index in [0.29, 0.717) is 0 Å². The second kappa shape index (κ2) is 3.62. The topological polar surface area (TPSA) is 12.4 Å². The molecule has 0 N–H and O–H groups in total. The van der Waals surface area contributed by atoms with E-state index in [0.717, 1.165) is 11.6 Å². The summed E-state index contributed by atoms with van der Waals surface area (Å²) in [5.74, 6) is 0. The van der Waals surface area contributed by atoms with Crippen molar-refractivity contribution in [2.45, 2.75) is 13.8 Å². The van der Waals surface area contributed by atoms with Gasteiger partial charge in [-0.25, -0.2) is 0 Å². The molecule has 0 fully saturated rings. The number of nitrogens with zero attached hydrogens (tertiary/aromatic N) is 1. The Morgan fingerprint density at radius 1 is 1.70 bits per heavy atom. The fourth-order valence-electron chi connectivity index (χ4n) is 0.803. The monoisotopic (exact) mass is 153 g/mol. The summed E-state index contributed by atoms with van der Waals surface area (Å²) < 4.78 is 0. The third-order valence-corrected chi connectivity index (χ3v) is 2.15. The molecule has 0 unspecified atom stereocenters. The maximum Gasteiger partial charge on any atom is 0.101 e. The molecule has 1 nitrogen and oxygen atoms in total. The predicted octanol–water partition coefficient (Wildman–Crippen LogP) is 2.61. The molecule has 1 heterocycles. The van der Waals surface area contributed by atoms with E-state index < -0.39 is 0 Å². The van der Waals surface area contributed by atoms with Crippen LogP contribution >= 0.6 is 11.8 Å². The third kappa shape index (κ3) is 1.51. The minimum absolute atomic E-state index is 0.876. The highest BCUT2D eigenvalue weighted by Gasteiger charge is 2.06. The van der Waals surface area contributed by atoms with Gasteiger partial charge in [-0.05, 0) is 25.3 Å². The highest BCUT2D eigenvalue weighted by Crippen LogP contribution is 2.23. The molecule has 0 atom stereocenters. The maximum absolute atomic E-state index is 4.32. The van der Waals surface area contributed by atoms with E-state index >= 15 is 0 Å². The molecular formula is C8H11NS. The van der Waals surface area contributed by atoms with Gasteiger partial charge in [0.25, 0.3) is 0 Å². The zero-order valence-electron chi connectivity index (χ0n) is 6.29. The van der Waals surface area contributed by atoms with Crippen LogP contribution in [0.4, 0.5) is 0 Å². The fraction of sp³-hybridized carbons (Fsp3) is 0.375. The van der Waals surface area contributed by atoms with Crippen molar-refractivity contribution in [3.05, 3.63) is 23.1 Å². The first-order valence-electron chi connectivity index (χ1n) is 3.42. The van der Waals surface area contributed by atoms with Gasteiger partial charge in [0, 0.05) is 12.1 Å². The quantitative estimate of drug-likeness (QED) is 0.564. The van der Waals surface area contributed by atoms with Gasteiger partial charge in [-0.15, -0.1) is 0 Å². The van der Waals surface area contributed by atoms with Crippen LogP contribution in [0.2, 0.25) is 0 Å². The SMILES string of the molecule is C/C=C1/C=CSC1=NCC. The van der Waals surface area contributed by atoms with Gasteiger partial charge < -0.3 is 0 Å². The molecule has 0 radical (unpaired) electrons. The molecule has 0 saturated carbocycles. The lowest BCUT2D eigenvalue weighted by Gasteiger charge is -1.94. The summed E-state index contributed by atoms with van der Waals surface area (Å²) >= 11 is 1.70. The molecule has 54 valence electrons. The summed E-state index contributed by atoms with van der Waals surface area (Å²) in [7, 11) is 0. The minimum Gasteiger partial charge on any atom is -0.278 e. The van der Waals surface area contributed by atoms with Crippen molar-refractivity contribution in [2.75, 3.05) is 6.54 Å². The predicted molar refractivity (Wildman–Crippen MR) is 48.5 cm³/mol. The van der Waals surface area contributed by atoms with Gasteiger partial charge in [-0.3, -0.25) is 4.99 Å².